The first-order valence-corrected chi connectivity index (χ1v) is 6.12. The fraction of sp³-hybridized carbons (Fsp3) is 0.357. The molecule has 2 atom stereocenters. The van der Waals surface area contributed by atoms with Crippen LogP contribution in [0.2, 0.25) is 0 Å². The normalized spacial score (nSPS) is 22.6. The molecule has 0 radical (unpaired) electrons. The number of fused-ring (bicyclic) bond motifs is 1. The summed E-state index contributed by atoms with van der Waals surface area (Å²) in [6.07, 6.45) is 2.86. The third-order valence-corrected chi connectivity index (χ3v) is 3.65. The zero-order valence-corrected chi connectivity index (χ0v) is 10.3. The van der Waals surface area contributed by atoms with Gasteiger partial charge >= 0.3 is 0 Å². The standard InChI is InChI=1S/C14H16N2O2/c1-18-14-5-3-2-4-10(14)9-6-12-11(8-15-16-12)13(17)7-9/h2-5,8-9,13,17H,6-7H2,1H3,(H,15,16). The second-order valence-electron chi connectivity index (χ2n) is 4.70. The molecule has 0 saturated carbocycles. The zero-order chi connectivity index (χ0) is 12.5. The molecule has 1 heterocycles. The monoisotopic (exact) mass is 244 g/mol. The fourth-order valence-electron chi connectivity index (χ4n) is 2.74. The van der Waals surface area contributed by atoms with Crippen molar-refractivity contribution in [3.63, 3.8) is 0 Å². The molecule has 0 aliphatic heterocycles. The van der Waals surface area contributed by atoms with Crippen molar-refractivity contribution in [3.8, 4) is 5.75 Å². The molecule has 2 aromatic rings. The van der Waals surface area contributed by atoms with Gasteiger partial charge in [0.05, 0.1) is 19.4 Å². The molecule has 0 saturated heterocycles. The molecule has 2 unspecified atom stereocenters. The second-order valence-corrected chi connectivity index (χ2v) is 4.70. The lowest BCUT2D eigenvalue weighted by molar-refractivity contribution is 0.147. The van der Waals surface area contributed by atoms with Crippen molar-refractivity contribution in [2.24, 2.45) is 0 Å². The van der Waals surface area contributed by atoms with Crippen molar-refractivity contribution in [1.82, 2.24) is 10.2 Å². The molecule has 0 fully saturated rings. The summed E-state index contributed by atoms with van der Waals surface area (Å²) in [4.78, 5) is 0. The lowest BCUT2D eigenvalue weighted by atomic mass is 9.81. The van der Waals surface area contributed by atoms with Crippen LogP contribution in [-0.4, -0.2) is 22.4 Å². The van der Waals surface area contributed by atoms with Crippen molar-refractivity contribution in [3.05, 3.63) is 47.3 Å². The molecule has 4 heteroatoms. The minimum absolute atomic E-state index is 0.268. The summed E-state index contributed by atoms with van der Waals surface area (Å²) >= 11 is 0. The summed E-state index contributed by atoms with van der Waals surface area (Å²) in [6, 6.07) is 8.00. The molecule has 2 N–H and O–H groups in total. The van der Waals surface area contributed by atoms with Crippen LogP contribution in [0.4, 0.5) is 0 Å². The number of benzene rings is 1. The van der Waals surface area contributed by atoms with E-state index in [2.05, 4.69) is 16.3 Å². The van der Waals surface area contributed by atoms with Gasteiger partial charge in [-0.3, -0.25) is 5.10 Å². The van der Waals surface area contributed by atoms with Crippen LogP contribution in [0.5, 0.6) is 5.75 Å². The number of nitrogens with one attached hydrogen (secondary N) is 1. The minimum Gasteiger partial charge on any atom is -0.496 e. The summed E-state index contributed by atoms with van der Waals surface area (Å²) in [5, 5.41) is 17.1. The van der Waals surface area contributed by atoms with Gasteiger partial charge in [0.1, 0.15) is 5.75 Å². The quantitative estimate of drug-likeness (QED) is 0.851. The first kappa shape index (κ1) is 11.3. The van der Waals surface area contributed by atoms with E-state index in [9.17, 15) is 5.11 Å². The van der Waals surface area contributed by atoms with Gasteiger partial charge in [-0.15, -0.1) is 0 Å². The number of nitrogens with zero attached hydrogens (tertiary/aromatic N) is 1. The van der Waals surface area contributed by atoms with E-state index in [1.54, 1.807) is 13.3 Å². The van der Waals surface area contributed by atoms with E-state index in [-0.39, 0.29) is 5.92 Å². The highest BCUT2D eigenvalue weighted by molar-refractivity contribution is 5.39. The smallest absolute Gasteiger partial charge is 0.122 e. The number of rotatable bonds is 2. The first-order valence-electron chi connectivity index (χ1n) is 6.12. The third-order valence-electron chi connectivity index (χ3n) is 3.65. The molecule has 1 aliphatic rings. The van der Waals surface area contributed by atoms with Gasteiger partial charge in [0.2, 0.25) is 0 Å². The largest absolute Gasteiger partial charge is 0.496 e. The number of hydrogen-bond donors (Lipinski definition) is 2. The van der Waals surface area contributed by atoms with Crippen molar-refractivity contribution >= 4 is 0 Å². The first-order chi connectivity index (χ1) is 8.79. The molecule has 1 aromatic carbocycles. The van der Waals surface area contributed by atoms with E-state index in [1.165, 1.54) is 0 Å². The SMILES string of the molecule is COc1ccccc1C1Cc2[nH]ncc2C(O)C1. The number of aromatic nitrogens is 2. The van der Waals surface area contributed by atoms with Crippen LogP contribution in [0.1, 0.15) is 35.3 Å². The Balaban J connectivity index is 1.95. The van der Waals surface area contributed by atoms with Gasteiger partial charge in [0.25, 0.3) is 0 Å². The summed E-state index contributed by atoms with van der Waals surface area (Å²) in [6.45, 7) is 0. The van der Waals surface area contributed by atoms with E-state index in [0.29, 0.717) is 6.42 Å². The molecular weight excluding hydrogens is 228 g/mol. The predicted octanol–water partition coefficient (Wildman–Crippen LogP) is 2.18. The van der Waals surface area contributed by atoms with E-state index in [4.69, 9.17) is 4.74 Å². The minimum atomic E-state index is -0.442. The average Bonchev–Trinajstić information content (AvgIpc) is 2.87. The number of ether oxygens (including phenoxy) is 1. The van der Waals surface area contributed by atoms with Gasteiger partial charge in [-0.2, -0.15) is 5.10 Å². The fourth-order valence-corrected chi connectivity index (χ4v) is 2.74. The molecule has 18 heavy (non-hydrogen) atoms. The van der Waals surface area contributed by atoms with Crippen molar-refractivity contribution in [2.75, 3.05) is 7.11 Å². The average molecular weight is 244 g/mol. The molecule has 94 valence electrons. The van der Waals surface area contributed by atoms with Crippen molar-refractivity contribution < 1.29 is 9.84 Å². The number of methoxy groups -OCH3 is 1. The van der Waals surface area contributed by atoms with Crippen molar-refractivity contribution in [1.29, 1.82) is 0 Å². The lowest BCUT2D eigenvalue weighted by Crippen LogP contribution is -2.17. The Morgan fingerprint density at radius 2 is 2.17 bits per heavy atom. The van der Waals surface area contributed by atoms with Crippen molar-refractivity contribution in [2.45, 2.75) is 24.9 Å². The maximum absolute atomic E-state index is 10.1. The van der Waals surface area contributed by atoms with Gasteiger partial charge < -0.3 is 9.84 Å². The number of aromatic amines is 1. The maximum atomic E-state index is 10.1. The van der Waals surface area contributed by atoms with E-state index >= 15 is 0 Å². The number of hydrogen-bond acceptors (Lipinski definition) is 3. The highest BCUT2D eigenvalue weighted by atomic mass is 16.5. The maximum Gasteiger partial charge on any atom is 0.122 e. The third kappa shape index (κ3) is 1.78. The van der Waals surface area contributed by atoms with Gasteiger partial charge in [-0.25, -0.2) is 0 Å². The van der Waals surface area contributed by atoms with Crippen LogP contribution < -0.4 is 4.74 Å². The lowest BCUT2D eigenvalue weighted by Gasteiger charge is -2.27. The highest BCUT2D eigenvalue weighted by Crippen LogP contribution is 2.40. The molecule has 1 aliphatic carbocycles. The zero-order valence-electron chi connectivity index (χ0n) is 10.3. The highest BCUT2D eigenvalue weighted by Gasteiger charge is 2.29. The Morgan fingerprint density at radius 3 is 3.00 bits per heavy atom. The number of para-hydroxylation sites is 1. The number of aliphatic hydroxyl groups excluding tert-OH is 1. The molecule has 0 bridgehead atoms. The molecule has 0 amide bonds. The molecule has 4 nitrogen and oxygen atoms in total. The van der Waals surface area contributed by atoms with E-state index in [1.807, 2.05) is 18.2 Å². The van der Waals surface area contributed by atoms with Gasteiger partial charge in [-0.1, -0.05) is 18.2 Å². The van der Waals surface area contributed by atoms with Gasteiger partial charge in [0.15, 0.2) is 0 Å². The van der Waals surface area contributed by atoms with Gasteiger partial charge in [-0.05, 0) is 30.4 Å². The Morgan fingerprint density at radius 1 is 1.33 bits per heavy atom. The number of aliphatic hydroxyl groups is 1. The Kier molecular flexibility index (Phi) is 2.80. The summed E-state index contributed by atoms with van der Waals surface area (Å²) in [5.41, 5.74) is 3.12. The Hall–Kier alpha value is -1.81. The van der Waals surface area contributed by atoms with E-state index in [0.717, 1.165) is 29.0 Å². The Labute approximate surface area is 106 Å². The molecule has 1 aromatic heterocycles. The summed E-state index contributed by atoms with van der Waals surface area (Å²) < 4.78 is 5.40. The number of H-pyrrole nitrogens is 1. The Bertz CT molecular complexity index is 550. The molecular formula is C14H16N2O2. The van der Waals surface area contributed by atoms with Crippen LogP contribution in [0.15, 0.2) is 30.5 Å². The van der Waals surface area contributed by atoms with Crippen LogP contribution in [0.3, 0.4) is 0 Å². The van der Waals surface area contributed by atoms with Gasteiger partial charge in [0, 0.05) is 11.3 Å². The summed E-state index contributed by atoms with van der Waals surface area (Å²) in [5.74, 6) is 1.15. The summed E-state index contributed by atoms with van der Waals surface area (Å²) in [7, 11) is 1.68. The van der Waals surface area contributed by atoms with Crippen LogP contribution in [-0.2, 0) is 6.42 Å². The second kappa shape index (κ2) is 4.46. The molecule has 3 rings (SSSR count). The van der Waals surface area contributed by atoms with Crippen LogP contribution in [0, 0.1) is 0 Å². The van der Waals surface area contributed by atoms with E-state index < -0.39 is 6.10 Å². The van der Waals surface area contributed by atoms with Crippen LogP contribution in [0.25, 0.3) is 0 Å². The topological polar surface area (TPSA) is 58.1 Å². The molecule has 0 spiro atoms. The predicted molar refractivity (Wildman–Crippen MR) is 67.6 cm³/mol. The van der Waals surface area contributed by atoms with Crippen LogP contribution >= 0.6 is 0 Å².